The fraction of sp³-hybridized carbons (Fsp3) is 0.455. The second kappa shape index (κ2) is 3.67. The van der Waals surface area contributed by atoms with Crippen molar-refractivity contribution in [2.75, 3.05) is 5.32 Å². The minimum absolute atomic E-state index is 0.484. The Kier molecular flexibility index (Phi) is 2.36. The molecule has 1 heterocycles. The van der Waals surface area contributed by atoms with Gasteiger partial charge in [-0.15, -0.1) is 0 Å². The topological polar surface area (TPSA) is 48.7 Å². The van der Waals surface area contributed by atoms with E-state index >= 15 is 0 Å². The molecule has 3 heteroatoms. The van der Waals surface area contributed by atoms with Crippen LogP contribution in [0.25, 0.3) is 0 Å². The van der Waals surface area contributed by atoms with Crippen LogP contribution in [-0.2, 0) is 0 Å². The minimum atomic E-state index is 0.484. The highest BCUT2D eigenvalue weighted by Crippen LogP contribution is 2.24. The standard InChI is InChI=1S/C11H13N3/c1-8-7-13-10(6-12)5-11(8)14-9-3-2-4-9/h5,7,9H,2-4H2,1H3,(H,13,14). The number of hydrogen-bond donors (Lipinski definition) is 1. The molecule has 0 saturated heterocycles. The second-order valence-corrected chi connectivity index (χ2v) is 3.77. The summed E-state index contributed by atoms with van der Waals surface area (Å²) in [5, 5.41) is 12.1. The Bertz CT molecular complexity index is 375. The lowest BCUT2D eigenvalue weighted by Crippen LogP contribution is -2.27. The summed E-state index contributed by atoms with van der Waals surface area (Å²) in [7, 11) is 0. The van der Waals surface area contributed by atoms with Crippen LogP contribution in [0.3, 0.4) is 0 Å². The van der Waals surface area contributed by atoms with E-state index in [1.165, 1.54) is 19.3 Å². The van der Waals surface area contributed by atoms with Gasteiger partial charge in [-0.3, -0.25) is 0 Å². The van der Waals surface area contributed by atoms with Gasteiger partial charge in [0.05, 0.1) is 0 Å². The number of pyridine rings is 1. The first-order valence-corrected chi connectivity index (χ1v) is 4.93. The smallest absolute Gasteiger partial charge is 0.142 e. The summed E-state index contributed by atoms with van der Waals surface area (Å²) in [6.07, 6.45) is 5.54. The van der Waals surface area contributed by atoms with E-state index in [4.69, 9.17) is 5.26 Å². The van der Waals surface area contributed by atoms with Crippen molar-refractivity contribution in [2.45, 2.75) is 32.2 Å². The maximum absolute atomic E-state index is 8.72. The van der Waals surface area contributed by atoms with Crippen molar-refractivity contribution in [2.24, 2.45) is 0 Å². The molecule has 0 aliphatic heterocycles. The molecule has 3 nitrogen and oxygen atoms in total. The molecule has 0 bridgehead atoms. The van der Waals surface area contributed by atoms with Crippen molar-refractivity contribution in [1.29, 1.82) is 5.26 Å². The maximum atomic E-state index is 8.72. The fourth-order valence-electron chi connectivity index (χ4n) is 1.51. The molecule has 1 saturated carbocycles. The van der Waals surface area contributed by atoms with Gasteiger partial charge in [0.2, 0.25) is 0 Å². The normalized spacial score (nSPS) is 15.7. The predicted octanol–water partition coefficient (Wildman–Crippen LogP) is 2.23. The number of hydrogen-bond acceptors (Lipinski definition) is 3. The molecule has 1 N–H and O–H groups in total. The molecule has 2 rings (SSSR count). The van der Waals surface area contributed by atoms with Crippen LogP contribution in [0, 0.1) is 18.3 Å². The van der Waals surface area contributed by atoms with Gasteiger partial charge in [-0.2, -0.15) is 5.26 Å². The van der Waals surface area contributed by atoms with Crippen LogP contribution < -0.4 is 5.32 Å². The van der Waals surface area contributed by atoms with E-state index in [1.807, 2.05) is 13.0 Å². The Morgan fingerprint density at radius 2 is 2.36 bits per heavy atom. The summed E-state index contributed by atoms with van der Waals surface area (Å²) in [6, 6.07) is 4.48. The number of rotatable bonds is 2. The van der Waals surface area contributed by atoms with Gasteiger partial charge in [0.15, 0.2) is 0 Å². The van der Waals surface area contributed by atoms with Crippen molar-refractivity contribution < 1.29 is 0 Å². The van der Waals surface area contributed by atoms with Gasteiger partial charge in [-0.05, 0) is 37.8 Å². The summed E-state index contributed by atoms with van der Waals surface area (Å²) < 4.78 is 0. The number of nitrogens with one attached hydrogen (secondary N) is 1. The fourth-order valence-corrected chi connectivity index (χ4v) is 1.51. The van der Waals surface area contributed by atoms with Gasteiger partial charge in [0, 0.05) is 17.9 Å². The zero-order chi connectivity index (χ0) is 9.97. The van der Waals surface area contributed by atoms with E-state index in [0.29, 0.717) is 11.7 Å². The Morgan fingerprint density at radius 1 is 1.57 bits per heavy atom. The largest absolute Gasteiger partial charge is 0.382 e. The van der Waals surface area contributed by atoms with E-state index in [1.54, 1.807) is 6.20 Å². The SMILES string of the molecule is Cc1cnc(C#N)cc1NC1CCC1. The predicted molar refractivity (Wildman–Crippen MR) is 55.0 cm³/mol. The highest BCUT2D eigenvalue weighted by atomic mass is 14.9. The molecule has 1 aliphatic rings. The van der Waals surface area contributed by atoms with Crippen molar-refractivity contribution in [3.8, 4) is 6.07 Å². The molecule has 1 aliphatic carbocycles. The zero-order valence-electron chi connectivity index (χ0n) is 8.25. The van der Waals surface area contributed by atoms with Crippen LogP contribution in [0.5, 0.6) is 0 Å². The number of anilines is 1. The van der Waals surface area contributed by atoms with E-state index in [-0.39, 0.29) is 0 Å². The molecule has 1 fully saturated rings. The third-order valence-electron chi connectivity index (χ3n) is 2.68. The minimum Gasteiger partial charge on any atom is -0.382 e. The molecule has 0 amide bonds. The average Bonchev–Trinajstić information content (AvgIpc) is 2.14. The molecule has 1 aromatic heterocycles. The van der Waals surface area contributed by atoms with Crippen molar-refractivity contribution in [1.82, 2.24) is 4.98 Å². The first kappa shape index (κ1) is 9.01. The van der Waals surface area contributed by atoms with E-state index in [2.05, 4.69) is 16.4 Å². The molecular formula is C11H13N3. The molecule has 0 spiro atoms. The van der Waals surface area contributed by atoms with Crippen molar-refractivity contribution in [3.63, 3.8) is 0 Å². The number of nitrogens with zero attached hydrogens (tertiary/aromatic N) is 2. The lowest BCUT2D eigenvalue weighted by Gasteiger charge is -2.28. The highest BCUT2D eigenvalue weighted by Gasteiger charge is 2.17. The summed E-state index contributed by atoms with van der Waals surface area (Å²) in [5.74, 6) is 0. The molecule has 0 unspecified atom stereocenters. The molecule has 0 atom stereocenters. The first-order valence-electron chi connectivity index (χ1n) is 4.93. The number of aromatic nitrogens is 1. The monoisotopic (exact) mass is 187 g/mol. The lowest BCUT2D eigenvalue weighted by molar-refractivity contribution is 0.445. The van der Waals surface area contributed by atoms with Gasteiger partial charge in [0.25, 0.3) is 0 Å². The van der Waals surface area contributed by atoms with Crippen LogP contribution in [0.1, 0.15) is 30.5 Å². The van der Waals surface area contributed by atoms with Crippen LogP contribution in [0.2, 0.25) is 0 Å². The van der Waals surface area contributed by atoms with Crippen molar-refractivity contribution in [3.05, 3.63) is 23.5 Å². The van der Waals surface area contributed by atoms with Gasteiger partial charge in [-0.25, -0.2) is 4.98 Å². The van der Waals surface area contributed by atoms with Gasteiger partial charge in [-0.1, -0.05) is 0 Å². The first-order chi connectivity index (χ1) is 6.79. The second-order valence-electron chi connectivity index (χ2n) is 3.77. The summed E-state index contributed by atoms with van der Waals surface area (Å²) in [6.45, 7) is 2.01. The molecule has 72 valence electrons. The Balaban J connectivity index is 2.18. The molecule has 0 radical (unpaired) electrons. The van der Waals surface area contributed by atoms with Crippen LogP contribution in [0.15, 0.2) is 12.3 Å². The molecule has 14 heavy (non-hydrogen) atoms. The Labute approximate surface area is 83.8 Å². The third-order valence-corrected chi connectivity index (χ3v) is 2.68. The van der Waals surface area contributed by atoms with Crippen molar-refractivity contribution >= 4 is 5.69 Å². The number of nitriles is 1. The van der Waals surface area contributed by atoms with E-state index in [0.717, 1.165) is 11.3 Å². The van der Waals surface area contributed by atoms with E-state index < -0.39 is 0 Å². The molecular weight excluding hydrogens is 174 g/mol. The van der Waals surface area contributed by atoms with Gasteiger partial charge < -0.3 is 5.32 Å². The maximum Gasteiger partial charge on any atom is 0.142 e. The zero-order valence-corrected chi connectivity index (χ0v) is 8.25. The Hall–Kier alpha value is -1.56. The average molecular weight is 187 g/mol. The van der Waals surface area contributed by atoms with Crippen LogP contribution in [-0.4, -0.2) is 11.0 Å². The summed E-state index contributed by atoms with van der Waals surface area (Å²) in [4.78, 5) is 4.01. The van der Waals surface area contributed by atoms with Gasteiger partial charge >= 0.3 is 0 Å². The summed E-state index contributed by atoms with van der Waals surface area (Å²) >= 11 is 0. The quantitative estimate of drug-likeness (QED) is 0.772. The lowest BCUT2D eigenvalue weighted by atomic mass is 9.93. The summed E-state index contributed by atoms with van der Waals surface area (Å²) in [5.41, 5.74) is 2.65. The molecule has 1 aromatic rings. The van der Waals surface area contributed by atoms with Gasteiger partial charge in [0.1, 0.15) is 11.8 Å². The third kappa shape index (κ3) is 1.69. The number of aryl methyl sites for hydroxylation is 1. The van der Waals surface area contributed by atoms with E-state index in [9.17, 15) is 0 Å². The van der Waals surface area contributed by atoms with Crippen LogP contribution in [0.4, 0.5) is 5.69 Å². The Morgan fingerprint density at radius 3 is 2.93 bits per heavy atom. The molecule has 0 aromatic carbocycles. The highest BCUT2D eigenvalue weighted by molar-refractivity contribution is 5.53. The van der Waals surface area contributed by atoms with Crippen LogP contribution >= 0.6 is 0 Å².